The average molecular weight is 528 g/mol. The predicted octanol–water partition coefficient (Wildman–Crippen LogP) is 4.93. The molecule has 2 N–H and O–H groups in total. The number of H-pyrrole nitrogens is 1. The Morgan fingerprint density at radius 1 is 0.925 bits per heavy atom. The Balaban J connectivity index is 1.34. The van der Waals surface area contributed by atoms with Gasteiger partial charge in [0.25, 0.3) is 11.8 Å². The van der Waals surface area contributed by atoms with Crippen LogP contribution in [0.4, 0.5) is 0 Å². The Labute approximate surface area is 228 Å². The number of rotatable bonds is 3. The first kappa shape index (κ1) is 23.0. The number of nitrogens with zero attached hydrogens (tertiary/aromatic N) is 3. The van der Waals surface area contributed by atoms with Crippen molar-refractivity contribution in [3.63, 3.8) is 0 Å². The van der Waals surface area contributed by atoms with Crippen molar-refractivity contribution in [3.8, 4) is 0 Å². The molecule has 6 aromatic rings. The lowest BCUT2D eigenvalue weighted by Gasteiger charge is -2.24. The van der Waals surface area contributed by atoms with Crippen LogP contribution >= 0.6 is 0 Å². The summed E-state index contributed by atoms with van der Waals surface area (Å²) in [7, 11) is 0. The summed E-state index contributed by atoms with van der Waals surface area (Å²) in [5.74, 6) is -0.798. The number of fused-ring (bicyclic) bond motifs is 10. The van der Waals surface area contributed by atoms with Crippen LogP contribution < -0.4 is 5.32 Å². The SMILES string of the molecule is C[C@@H](Cc1cccnc1)C(=O)N1CCn2c3c(cccc3c3c4c(c5c6ccccc6[nH]c5c32)C(=O)NC4=O)C1. The van der Waals surface area contributed by atoms with Crippen LogP contribution in [0.2, 0.25) is 0 Å². The number of benzene rings is 3. The highest BCUT2D eigenvalue weighted by molar-refractivity contribution is 6.39. The first-order valence-corrected chi connectivity index (χ1v) is 13.5. The topological polar surface area (TPSA) is 100 Å². The molecule has 196 valence electrons. The Bertz CT molecular complexity index is 2070. The maximum atomic E-state index is 13.7. The number of imide groups is 1. The van der Waals surface area contributed by atoms with Gasteiger partial charge in [-0.25, -0.2) is 0 Å². The smallest absolute Gasteiger partial charge is 0.259 e. The van der Waals surface area contributed by atoms with Gasteiger partial charge in [-0.2, -0.15) is 0 Å². The molecule has 40 heavy (non-hydrogen) atoms. The normalized spacial score (nSPS) is 15.7. The molecule has 0 spiro atoms. The molecule has 0 unspecified atom stereocenters. The van der Waals surface area contributed by atoms with E-state index >= 15 is 0 Å². The molecule has 0 saturated carbocycles. The number of carbonyl (C=O) groups is 3. The minimum atomic E-state index is -0.361. The predicted molar refractivity (Wildman–Crippen MR) is 153 cm³/mol. The van der Waals surface area contributed by atoms with Crippen molar-refractivity contribution >= 4 is 61.3 Å². The van der Waals surface area contributed by atoms with Crippen molar-refractivity contribution in [2.24, 2.45) is 5.92 Å². The Morgan fingerprint density at radius 2 is 1.73 bits per heavy atom. The summed E-state index contributed by atoms with van der Waals surface area (Å²) in [5.41, 5.74) is 6.60. The van der Waals surface area contributed by atoms with Gasteiger partial charge in [0, 0.05) is 65.0 Å². The van der Waals surface area contributed by atoms with Gasteiger partial charge in [0.2, 0.25) is 5.91 Å². The first-order valence-electron chi connectivity index (χ1n) is 13.5. The lowest BCUT2D eigenvalue weighted by atomic mass is 9.96. The van der Waals surface area contributed by atoms with E-state index in [1.807, 2.05) is 66.6 Å². The number of para-hydroxylation sites is 2. The number of carbonyl (C=O) groups excluding carboxylic acids is 3. The Kier molecular flexibility index (Phi) is 4.74. The second-order valence-electron chi connectivity index (χ2n) is 10.9. The molecule has 8 rings (SSSR count). The summed E-state index contributed by atoms with van der Waals surface area (Å²) in [4.78, 5) is 49.8. The molecule has 3 aromatic heterocycles. The zero-order chi connectivity index (χ0) is 27.1. The lowest BCUT2D eigenvalue weighted by molar-refractivity contribution is -0.135. The highest BCUT2D eigenvalue weighted by Crippen LogP contribution is 2.44. The molecule has 0 fully saturated rings. The van der Waals surface area contributed by atoms with E-state index in [1.54, 1.807) is 6.20 Å². The third kappa shape index (κ3) is 3.07. The van der Waals surface area contributed by atoms with E-state index in [1.165, 1.54) is 0 Å². The average Bonchev–Trinajstić information content (AvgIpc) is 3.54. The minimum Gasteiger partial charge on any atom is -0.353 e. The standard InChI is InChI=1S/C32H25N5O3/c1-17(14-18-6-5-11-33-15-18)32(40)36-12-13-37-28-19(16-36)7-4-9-21(28)24-26-25(30(38)35-31(26)39)23-20-8-2-3-10-22(20)34-27(23)29(24)37/h2-11,15,17,34H,12-14,16H2,1H3,(H,35,38,39)/t17-/m0/s1. The van der Waals surface area contributed by atoms with Gasteiger partial charge >= 0.3 is 0 Å². The van der Waals surface area contributed by atoms with Crippen LogP contribution in [0.3, 0.4) is 0 Å². The van der Waals surface area contributed by atoms with Crippen LogP contribution in [0.5, 0.6) is 0 Å². The lowest BCUT2D eigenvalue weighted by Crippen LogP contribution is -2.36. The van der Waals surface area contributed by atoms with Crippen LogP contribution in [0.15, 0.2) is 67.0 Å². The molecule has 0 radical (unpaired) electrons. The van der Waals surface area contributed by atoms with Gasteiger partial charge in [-0.3, -0.25) is 24.7 Å². The molecule has 3 aromatic carbocycles. The summed E-state index contributed by atoms with van der Waals surface area (Å²) in [6, 6.07) is 17.8. The molecule has 0 aliphatic carbocycles. The van der Waals surface area contributed by atoms with E-state index in [0.717, 1.165) is 54.7 Å². The number of amides is 3. The van der Waals surface area contributed by atoms with Gasteiger partial charge in [-0.05, 0) is 29.7 Å². The van der Waals surface area contributed by atoms with Crippen molar-refractivity contribution in [2.75, 3.05) is 6.54 Å². The molecule has 5 heterocycles. The van der Waals surface area contributed by atoms with Gasteiger partial charge in [-0.1, -0.05) is 49.4 Å². The summed E-state index contributed by atoms with van der Waals surface area (Å²) < 4.78 is 2.24. The minimum absolute atomic E-state index is 0.109. The second-order valence-corrected chi connectivity index (χ2v) is 10.9. The fourth-order valence-corrected chi connectivity index (χ4v) is 6.83. The summed E-state index contributed by atoms with van der Waals surface area (Å²) in [6.45, 7) is 3.56. The fraction of sp³-hybridized carbons (Fsp3) is 0.188. The van der Waals surface area contributed by atoms with Gasteiger partial charge in [0.05, 0.1) is 27.7 Å². The van der Waals surface area contributed by atoms with Crippen LogP contribution in [0.1, 0.15) is 38.8 Å². The Morgan fingerprint density at radius 3 is 2.55 bits per heavy atom. The van der Waals surface area contributed by atoms with E-state index in [9.17, 15) is 14.4 Å². The van der Waals surface area contributed by atoms with Crippen LogP contribution in [0, 0.1) is 5.92 Å². The maximum Gasteiger partial charge on any atom is 0.259 e. The molecule has 0 bridgehead atoms. The number of pyridine rings is 1. The molecule has 3 amide bonds. The van der Waals surface area contributed by atoms with Gasteiger partial charge < -0.3 is 14.5 Å². The Hall–Kier alpha value is -4.98. The van der Waals surface area contributed by atoms with Crippen LogP contribution in [0.25, 0.3) is 43.6 Å². The third-order valence-corrected chi connectivity index (χ3v) is 8.49. The van der Waals surface area contributed by atoms with Crippen molar-refractivity contribution in [1.29, 1.82) is 0 Å². The van der Waals surface area contributed by atoms with Crippen molar-refractivity contribution in [2.45, 2.75) is 26.4 Å². The van der Waals surface area contributed by atoms with E-state index < -0.39 is 0 Å². The number of aromatic nitrogens is 3. The third-order valence-electron chi connectivity index (χ3n) is 8.49. The number of hydrogen-bond donors (Lipinski definition) is 2. The van der Waals surface area contributed by atoms with Crippen LogP contribution in [-0.2, 0) is 24.3 Å². The van der Waals surface area contributed by atoms with E-state index in [2.05, 4.69) is 25.9 Å². The fourth-order valence-electron chi connectivity index (χ4n) is 6.83. The largest absolute Gasteiger partial charge is 0.353 e. The zero-order valence-electron chi connectivity index (χ0n) is 21.8. The molecule has 0 saturated heterocycles. The maximum absolute atomic E-state index is 13.7. The van der Waals surface area contributed by atoms with Gasteiger partial charge in [-0.15, -0.1) is 0 Å². The quantitative estimate of drug-likeness (QED) is 0.319. The molecular formula is C32H25N5O3. The van der Waals surface area contributed by atoms with Gasteiger partial charge in [0.1, 0.15) is 0 Å². The second kappa shape index (κ2) is 8.26. The molecule has 1 atom stereocenters. The molecule has 8 nitrogen and oxygen atoms in total. The zero-order valence-corrected chi connectivity index (χ0v) is 21.8. The molecule has 2 aliphatic heterocycles. The van der Waals surface area contributed by atoms with Gasteiger partial charge in [0.15, 0.2) is 0 Å². The van der Waals surface area contributed by atoms with Crippen molar-refractivity contribution in [3.05, 3.63) is 89.2 Å². The summed E-state index contributed by atoms with van der Waals surface area (Å²) in [6.07, 6.45) is 4.19. The highest BCUT2D eigenvalue weighted by atomic mass is 16.2. The van der Waals surface area contributed by atoms with E-state index in [-0.39, 0.29) is 23.6 Å². The number of nitrogens with one attached hydrogen (secondary N) is 2. The number of aromatic amines is 1. The number of hydrogen-bond acceptors (Lipinski definition) is 4. The molecule has 2 aliphatic rings. The summed E-state index contributed by atoms with van der Waals surface area (Å²) in [5, 5.41) is 5.94. The highest BCUT2D eigenvalue weighted by Gasteiger charge is 2.36. The monoisotopic (exact) mass is 527 g/mol. The first-order chi connectivity index (χ1) is 19.5. The van der Waals surface area contributed by atoms with Crippen molar-refractivity contribution < 1.29 is 14.4 Å². The van der Waals surface area contributed by atoms with E-state index in [0.29, 0.717) is 37.2 Å². The summed E-state index contributed by atoms with van der Waals surface area (Å²) >= 11 is 0. The van der Waals surface area contributed by atoms with Crippen LogP contribution in [-0.4, -0.2) is 43.7 Å². The molecule has 8 heteroatoms. The molecular weight excluding hydrogens is 502 g/mol. The van der Waals surface area contributed by atoms with E-state index in [4.69, 9.17) is 0 Å². The van der Waals surface area contributed by atoms with Crippen molar-refractivity contribution in [1.82, 2.24) is 24.8 Å².